The zero-order valence-electron chi connectivity index (χ0n) is 17.4. The molecule has 8 heteroatoms. The second-order valence-corrected chi connectivity index (χ2v) is 8.41. The highest BCUT2D eigenvalue weighted by Crippen LogP contribution is 2.48. The van der Waals surface area contributed by atoms with Gasteiger partial charge >= 0.3 is 11.9 Å². The highest BCUT2D eigenvalue weighted by Gasteiger charge is 2.49. The SMILES string of the molecule is COC(=O)C1=C(C)NC2=C(C(=O)[C@@H](C(=O)OC)[C@@H](c3cccs3)C2)[C@@H]1c1ccccn1. The lowest BCUT2D eigenvalue weighted by atomic mass is 9.69. The fraction of sp³-hybridized carbons (Fsp3) is 0.304. The standard InChI is InChI=1S/C23H22N2O5S/c1-12-17(22(27)29-2)19(14-7-4-5-9-24-14)20-15(25-12)11-13(16-8-6-10-31-16)18(21(20)26)23(28)30-3/h4-10,13,18-19,25H,11H2,1-3H3/t13-,18+,19-/m1/s1. The second-order valence-electron chi connectivity index (χ2n) is 7.43. The van der Waals surface area contributed by atoms with Gasteiger partial charge in [0.15, 0.2) is 5.78 Å². The van der Waals surface area contributed by atoms with Crippen LogP contribution in [0.5, 0.6) is 0 Å². The molecule has 0 unspecified atom stereocenters. The number of carbonyl (C=O) groups excluding carboxylic acids is 3. The van der Waals surface area contributed by atoms with E-state index in [-0.39, 0.29) is 11.7 Å². The molecule has 160 valence electrons. The number of carbonyl (C=O) groups is 3. The first kappa shape index (κ1) is 21.0. The number of hydrogen-bond donors (Lipinski definition) is 1. The van der Waals surface area contributed by atoms with Gasteiger partial charge in [-0.3, -0.25) is 14.6 Å². The summed E-state index contributed by atoms with van der Waals surface area (Å²) in [5.74, 6) is -3.55. The Morgan fingerprint density at radius 2 is 1.97 bits per heavy atom. The Kier molecular flexibility index (Phi) is 5.73. The van der Waals surface area contributed by atoms with Gasteiger partial charge in [-0.15, -0.1) is 11.3 Å². The summed E-state index contributed by atoms with van der Waals surface area (Å²) in [5, 5.41) is 5.17. The molecule has 0 saturated carbocycles. The quantitative estimate of drug-likeness (QED) is 0.579. The topological polar surface area (TPSA) is 94.6 Å². The summed E-state index contributed by atoms with van der Waals surface area (Å²) in [5.41, 5.74) is 2.53. The molecule has 0 amide bonds. The molecule has 1 aliphatic heterocycles. The first-order valence-corrected chi connectivity index (χ1v) is 10.7. The number of allylic oxidation sites excluding steroid dienone is 3. The summed E-state index contributed by atoms with van der Waals surface area (Å²) in [6.45, 7) is 1.78. The van der Waals surface area contributed by atoms with Crippen LogP contribution in [0.25, 0.3) is 0 Å². The van der Waals surface area contributed by atoms with Crippen LogP contribution in [-0.2, 0) is 23.9 Å². The number of ether oxygens (including phenoxy) is 2. The minimum absolute atomic E-state index is 0.312. The van der Waals surface area contributed by atoms with Gasteiger partial charge in [0.2, 0.25) is 0 Å². The van der Waals surface area contributed by atoms with E-state index < -0.39 is 23.8 Å². The van der Waals surface area contributed by atoms with Crippen LogP contribution >= 0.6 is 11.3 Å². The minimum Gasteiger partial charge on any atom is -0.468 e. The highest BCUT2D eigenvalue weighted by molar-refractivity contribution is 7.10. The molecule has 3 heterocycles. The number of rotatable bonds is 4. The van der Waals surface area contributed by atoms with E-state index in [1.54, 1.807) is 31.3 Å². The number of Topliss-reactive ketones (excluding diaryl/α,β-unsaturated/α-hetero) is 1. The van der Waals surface area contributed by atoms with Crippen LogP contribution in [0.15, 0.2) is 64.4 Å². The molecule has 2 aliphatic rings. The number of ketones is 1. The maximum absolute atomic E-state index is 13.8. The normalized spacial score (nSPS) is 23.2. The number of methoxy groups -OCH3 is 2. The Bertz CT molecular complexity index is 1090. The molecule has 0 saturated heterocycles. The molecule has 0 fully saturated rings. The number of nitrogens with zero attached hydrogens (tertiary/aromatic N) is 1. The van der Waals surface area contributed by atoms with Gasteiger partial charge in [0.1, 0.15) is 5.92 Å². The van der Waals surface area contributed by atoms with Crippen LogP contribution < -0.4 is 5.32 Å². The third kappa shape index (κ3) is 3.57. The zero-order valence-corrected chi connectivity index (χ0v) is 18.2. The van der Waals surface area contributed by atoms with Crippen LogP contribution in [0.2, 0.25) is 0 Å². The predicted octanol–water partition coefficient (Wildman–Crippen LogP) is 3.08. The van der Waals surface area contributed by atoms with Gasteiger partial charge in [-0.1, -0.05) is 12.1 Å². The summed E-state index contributed by atoms with van der Waals surface area (Å²) in [6.07, 6.45) is 2.05. The minimum atomic E-state index is -0.993. The summed E-state index contributed by atoms with van der Waals surface area (Å²) < 4.78 is 10.0. The Morgan fingerprint density at radius 3 is 2.58 bits per heavy atom. The smallest absolute Gasteiger partial charge is 0.336 e. The summed E-state index contributed by atoms with van der Waals surface area (Å²) in [7, 11) is 2.58. The molecule has 4 rings (SSSR count). The lowest BCUT2D eigenvalue weighted by Gasteiger charge is -2.38. The fourth-order valence-electron chi connectivity index (χ4n) is 4.42. The lowest BCUT2D eigenvalue weighted by Crippen LogP contribution is -2.43. The molecular formula is C23H22N2O5S. The van der Waals surface area contributed by atoms with Gasteiger partial charge in [0.25, 0.3) is 0 Å². The number of pyridine rings is 1. The van der Waals surface area contributed by atoms with Crippen molar-refractivity contribution >= 4 is 29.1 Å². The number of thiophene rings is 1. The van der Waals surface area contributed by atoms with Crippen LogP contribution in [0.1, 0.15) is 35.8 Å². The first-order chi connectivity index (χ1) is 15.0. The van der Waals surface area contributed by atoms with E-state index in [1.165, 1.54) is 25.6 Å². The number of hydrogen-bond acceptors (Lipinski definition) is 8. The molecule has 1 aliphatic carbocycles. The van der Waals surface area contributed by atoms with Crippen LogP contribution in [0.3, 0.4) is 0 Å². The van der Waals surface area contributed by atoms with E-state index >= 15 is 0 Å². The van der Waals surface area contributed by atoms with Gasteiger partial charge in [-0.25, -0.2) is 4.79 Å². The molecule has 2 aromatic heterocycles. The molecule has 0 bridgehead atoms. The maximum Gasteiger partial charge on any atom is 0.336 e. The molecular weight excluding hydrogens is 416 g/mol. The summed E-state index contributed by atoms with van der Waals surface area (Å²) >= 11 is 1.50. The number of dihydropyridines is 1. The number of esters is 2. The third-order valence-corrected chi connectivity index (χ3v) is 6.78. The van der Waals surface area contributed by atoms with Gasteiger partial charge < -0.3 is 14.8 Å². The summed E-state index contributed by atoms with van der Waals surface area (Å²) in [6, 6.07) is 9.15. The van der Waals surface area contributed by atoms with Crippen molar-refractivity contribution < 1.29 is 23.9 Å². The molecule has 2 aromatic rings. The van der Waals surface area contributed by atoms with Crippen molar-refractivity contribution in [2.24, 2.45) is 5.92 Å². The molecule has 0 radical (unpaired) electrons. The van der Waals surface area contributed by atoms with Crippen molar-refractivity contribution in [1.29, 1.82) is 0 Å². The van der Waals surface area contributed by atoms with E-state index in [2.05, 4.69) is 10.3 Å². The monoisotopic (exact) mass is 438 g/mol. The molecule has 3 atom stereocenters. The van der Waals surface area contributed by atoms with E-state index in [0.29, 0.717) is 34.7 Å². The second kappa shape index (κ2) is 8.47. The summed E-state index contributed by atoms with van der Waals surface area (Å²) in [4.78, 5) is 44.6. The van der Waals surface area contributed by atoms with Crippen molar-refractivity contribution in [3.05, 3.63) is 75.0 Å². The zero-order chi connectivity index (χ0) is 22.1. The third-order valence-electron chi connectivity index (χ3n) is 5.77. The van der Waals surface area contributed by atoms with Gasteiger partial charge in [-0.2, -0.15) is 0 Å². The Hall–Kier alpha value is -3.26. The Morgan fingerprint density at radius 1 is 1.16 bits per heavy atom. The molecule has 7 nitrogen and oxygen atoms in total. The van der Waals surface area contributed by atoms with E-state index in [0.717, 1.165) is 4.88 Å². The lowest BCUT2D eigenvalue weighted by molar-refractivity contribution is -0.149. The Labute approximate surface area is 183 Å². The molecule has 0 spiro atoms. The van der Waals surface area contributed by atoms with Crippen molar-refractivity contribution in [1.82, 2.24) is 10.3 Å². The van der Waals surface area contributed by atoms with Gasteiger partial charge in [-0.05, 0) is 36.9 Å². The maximum atomic E-state index is 13.8. The van der Waals surface area contributed by atoms with E-state index in [9.17, 15) is 14.4 Å². The number of aromatic nitrogens is 1. The number of nitrogens with one attached hydrogen (secondary N) is 1. The van der Waals surface area contributed by atoms with Crippen molar-refractivity contribution in [3.63, 3.8) is 0 Å². The fourth-order valence-corrected chi connectivity index (χ4v) is 5.29. The molecule has 0 aromatic carbocycles. The predicted molar refractivity (Wildman–Crippen MR) is 114 cm³/mol. The van der Waals surface area contributed by atoms with Crippen molar-refractivity contribution in [2.75, 3.05) is 14.2 Å². The van der Waals surface area contributed by atoms with Crippen LogP contribution in [0, 0.1) is 5.92 Å². The van der Waals surface area contributed by atoms with Crippen molar-refractivity contribution in [2.45, 2.75) is 25.2 Å². The van der Waals surface area contributed by atoms with Crippen LogP contribution in [0.4, 0.5) is 0 Å². The van der Waals surface area contributed by atoms with Crippen LogP contribution in [-0.4, -0.2) is 36.9 Å². The largest absolute Gasteiger partial charge is 0.468 e. The molecule has 31 heavy (non-hydrogen) atoms. The van der Waals surface area contributed by atoms with Gasteiger partial charge in [0.05, 0.1) is 31.4 Å². The Balaban J connectivity index is 1.90. The average molecular weight is 439 g/mol. The highest BCUT2D eigenvalue weighted by atomic mass is 32.1. The first-order valence-electron chi connectivity index (χ1n) is 9.83. The molecule has 1 N–H and O–H groups in total. The van der Waals surface area contributed by atoms with E-state index in [1.807, 2.05) is 17.5 Å². The van der Waals surface area contributed by atoms with Gasteiger partial charge in [0, 0.05) is 34.0 Å². The van der Waals surface area contributed by atoms with Crippen molar-refractivity contribution in [3.8, 4) is 0 Å². The average Bonchev–Trinajstić information content (AvgIpc) is 3.32. The van der Waals surface area contributed by atoms with E-state index in [4.69, 9.17) is 9.47 Å².